The van der Waals surface area contributed by atoms with Crippen molar-refractivity contribution in [3.63, 3.8) is 0 Å². The highest BCUT2D eigenvalue weighted by atomic mass is 19.1. The van der Waals surface area contributed by atoms with Gasteiger partial charge in [0.2, 0.25) is 0 Å². The Balaban J connectivity index is 2.53. The van der Waals surface area contributed by atoms with E-state index in [2.05, 4.69) is 9.72 Å². The number of aromatic nitrogens is 2. The standard InChI is InChI=1S/C13H8F2N2O3/c1-20-13(19)9-6(14)5-8-11(10(9)15)16-12(18)7-3-2-4-17(7)8/h2-5H,1H3,(H,16,18). The van der Waals surface area contributed by atoms with E-state index in [-0.39, 0.29) is 16.6 Å². The second kappa shape index (κ2) is 4.16. The summed E-state index contributed by atoms with van der Waals surface area (Å²) in [6, 6.07) is 4.07. The lowest BCUT2D eigenvalue weighted by molar-refractivity contribution is 0.0590. The van der Waals surface area contributed by atoms with E-state index in [0.717, 1.165) is 13.2 Å². The molecule has 0 bridgehead atoms. The number of nitrogens with one attached hydrogen (secondary N) is 1. The molecular weight excluding hydrogens is 270 g/mol. The Morgan fingerprint density at radius 2 is 2.10 bits per heavy atom. The number of hydrogen-bond donors (Lipinski definition) is 1. The summed E-state index contributed by atoms with van der Waals surface area (Å²) in [5, 5.41) is 0. The average molecular weight is 278 g/mol. The molecule has 20 heavy (non-hydrogen) atoms. The molecule has 102 valence electrons. The molecule has 2 heterocycles. The second-order valence-corrected chi connectivity index (χ2v) is 4.15. The van der Waals surface area contributed by atoms with Gasteiger partial charge in [-0.15, -0.1) is 0 Å². The highest BCUT2D eigenvalue weighted by Crippen LogP contribution is 2.23. The van der Waals surface area contributed by atoms with E-state index < -0.39 is 28.7 Å². The minimum Gasteiger partial charge on any atom is -0.465 e. The molecule has 0 fully saturated rings. The van der Waals surface area contributed by atoms with Crippen LogP contribution >= 0.6 is 0 Å². The fraction of sp³-hybridized carbons (Fsp3) is 0.0769. The highest BCUT2D eigenvalue weighted by molar-refractivity contribution is 5.95. The van der Waals surface area contributed by atoms with Gasteiger partial charge in [-0.2, -0.15) is 0 Å². The van der Waals surface area contributed by atoms with Gasteiger partial charge in [0.15, 0.2) is 5.82 Å². The van der Waals surface area contributed by atoms with Gasteiger partial charge in [0.25, 0.3) is 5.56 Å². The molecule has 0 unspecified atom stereocenters. The Labute approximate surface area is 110 Å². The summed E-state index contributed by atoms with van der Waals surface area (Å²) < 4.78 is 33.8. The number of fused-ring (bicyclic) bond motifs is 3. The number of rotatable bonds is 1. The van der Waals surface area contributed by atoms with Crippen molar-refractivity contribution in [2.75, 3.05) is 7.11 Å². The predicted molar refractivity (Wildman–Crippen MR) is 66.8 cm³/mol. The maximum Gasteiger partial charge on any atom is 0.343 e. The zero-order chi connectivity index (χ0) is 14.4. The Hall–Kier alpha value is -2.70. The Morgan fingerprint density at radius 1 is 1.35 bits per heavy atom. The van der Waals surface area contributed by atoms with E-state index in [0.29, 0.717) is 0 Å². The van der Waals surface area contributed by atoms with Crippen LogP contribution in [-0.2, 0) is 4.74 Å². The van der Waals surface area contributed by atoms with Crippen molar-refractivity contribution in [3.8, 4) is 0 Å². The molecule has 0 atom stereocenters. The zero-order valence-corrected chi connectivity index (χ0v) is 10.2. The van der Waals surface area contributed by atoms with Crippen molar-refractivity contribution >= 4 is 22.5 Å². The number of carbonyl (C=O) groups is 1. The SMILES string of the molecule is COC(=O)c1c(F)cc2c([nH]c(=O)c3cccn32)c1F. The number of esters is 1. The molecule has 3 aromatic rings. The first kappa shape index (κ1) is 12.3. The number of H-pyrrole nitrogens is 1. The molecular formula is C13H8F2N2O3. The lowest BCUT2D eigenvalue weighted by atomic mass is 10.1. The fourth-order valence-corrected chi connectivity index (χ4v) is 2.16. The zero-order valence-electron chi connectivity index (χ0n) is 10.2. The van der Waals surface area contributed by atoms with Crippen molar-refractivity contribution in [1.29, 1.82) is 0 Å². The van der Waals surface area contributed by atoms with Crippen molar-refractivity contribution in [2.24, 2.45) is 0 Å². The van der Waals surface area contributed by atoms with Crippen LogP contribution in [0.3, 0.4) is 0 Å². The smallest absolute Gasteiger partial charge is 0.343 e. The highest BCUT2D eigenvalue weighted by Gasteiger charge is 2.23. The number of halogens is 2. The molecule has 0 amide bonds. The van der Waals surface area contributed by atoms with Gasteiger partial charge >= 0.3 is 5.97 Å². The summed E-state index contributed by atoms with van der Waals surface area (Å²) in [6.07, 6.45) is 1.50. The summed E-state index contributed by atoms with van der Waals surface area (Å²) in [5.41, 5.74) is -1.25. The first-order valence-corrected chi connectivity index (χ1v) is 5.64. The molecule has 1 aromatic carbocycles. The maximum absolute atomic E-state index is 14.3. The maximum atomic E-state index is 14.3. The van der Waals surface area contributed by atoms with Crippen molar-refractivity contribution in [1.82, 2.24) is 9.38 Å². The summed E-state index contributed by atoms with van der Waals surface area (Å²) in [5.74, 6) is -3.35. The van der Waals surface area contributed by atoms with Gasteiger partial charge < -0.3 is 14.1 Å². The summed E-state index contributed by atoms with van der Waals surface area (Å²) in [7, 11) is 1.02. The van der Waals surface area contributed by atoms with Crippen molar-refractivity contribution in [3.05, 3.63) is 51.9 Å². The largest absolute Gasteiger partial charge is 0.465 e. The Morgan fingerprint density at radius 3 is 2.80 bits per heavy atom. The monoisotopic (exact) mass is 278 g/mol. The molecule has 0 saturated heterocycles. The normalized spacial score (nSPS) is 11.2. The molecule has 0 aliphatic carbocycles. The number of ether oxygens (including phenoxy) is 1. The van der Waals surface area contributed by atoms with Gasteiger partial charge in [-0.05, 0) is 12.1 Å². The number of hydrogen-bond acceptors (Lipinski definition) is 3. The summed E-state index contributed by atoms with van der Waals surface area (Å²) in [6.45, 7) is 0. The third-order valence-electron chi connectivity index (χ3n) is 3.07. The van der Waals surface area contributed by atoms with Crippen LogP contribution < -0.4 is 5.56 Å². The second-order valence-electron chi connectivity index (χ2n) is 4.15. The third kappa shape index (κ3) is 1.52. The third-order valence-corrected chi connectivity index (χ3v) is 3.07. The lowest BCUT2D eigenvalue weighted by Crippen LogP contribution is -2.14. The van der Waals surface area contributed by atoms with E-state index in [9.17, 15) is 18.4 Å². The van der Waals surface area contributed by atoms with Gasteiger partial charge in [-0.25, -0.2) is 13.6 Å². The number of methoxy groups -OCH3 is 1. The van der Waals surface area contributed by atoms with Crippen LogP contribution in [0.15, 0.2) is 29.2 Å². The number of nitrogens with zero attached hydrogens (tertiary/aromatic N) is 1. The minimum absolute atomic E-state index is 0.118. The van der Waals surface area contributed by atoms with E-state index in [1.807, 2.05) is 0 Å². The predicted octanol–water partition coefficient (Wildman–Crippen LogP) is 1.85. The van der Waals surface area contributed by atoms with Crippen molar-refractivity contribution < 1.29 is 18.3 Å². The van der Waals surface area contributed by atoms with Crippen LogP contribution in [0.4, 0.5) is 8.78 Å². The molecule has 0 radical (unpaired) electrons. The van der Waals surface area contributed by atoms with Crippen LogP contribution in [0.1, 0.15) is 10.4 Å². The van der Waals surface area contributed by atoms with E-state index in [4.69, 9.17) is 0 Å². The quantitative estimate of drug-likeness (QED) is 0.691. The molecule has 7 heteroatoms. The van der Waals surface area contributed by atoms with Crippen LogP contribution in [0.5, 0.6) is 0 Å². The molecule has 3 rings (SSSR count). The van der Waals surface area contributed by atoms with Crippen LogP contribution in [0, 0.1) is 11.6 Å². The topological polar surface area (TPSA) is 63.6 Å². The molecule has 0 aliphatic rings. The van der Waals surface area contributed by atoms with Crippen LogP contribution in [0.25, 0.3) is 16.6 Å². The molecule has 1 N–H and O–H groups in total. The fourth-order valence-electron chi connectivity index (χ4n) is 2.16. The van der Waals surface area contributed by atoms with Gasteiger partial charge in [-0.1, -0.05) is 0 Å². The van der Waals surface area contributed by atoms with E-state index in [1.165, 1.54) is 16.7 Å². The van der Waals surface area contributed by atoms with E-state index in [1.54, 1.807) is 6.07 Å². The number of carbonyl (C=O) groups excluding carboxylic acids is 1. The van der Waals surface area contributed by atoms with Gasteiger partial charge in [0, 0.05) is 12.3 Å². The van der Waals surface area contributed by atoms with Gasteiger partial charge in [0.1, 0.15) is 22.4 Å². The molecule has 2 aromatic heterocycles. The first-order chi connectivity index (χ1) is 9.54. The van der Waals surface area contributed by atoms with Crippen LogP contribution in [-0.4, -0.2) is 22.5 Å². The minimum atomic E-state index is -1.15. The van der Waals surface area contributed by atoms with E-state index >= 15 is 0 Å². The molecule has 0 saturated carbocycles. The van der Waals surface area contributed by atoms with Crippen LogP contribution in [0.2, 0.25) is 0 Å². The first-order valence-electron chi connectivity index (χ1n) is 5.64. The average Bonchev–Trinajstić information content (AvgIpc) is 2.90. The van der Waals surface area contributed by atoms with Gasteiger partial charge in [0.05, 0.1) is 12.6 Å². The summed E-state index contributed by atoms with van der Waals surface area (Å²) >= 11 is 0. The van der Waals surface area contributed by atoms with Crippen molar-refractivity contribution in [2.45, 2.75) is 0 Å². The molecule has 0 aliphatic heterocycles. The molecule has 0 spiro atoms. The Bertz CT molecular complexity index is 911. The lowest BCUT2D eigenvalue weighted by Gasteiger charge is -2.08. The molecule has 5 nitrogen and oxygen atoms in total. The van der Waals surface area contributed by atoms with Gasteiger partial charge in [-0.3, -0.25) is 4.79 Å². The number of benzene rings is 1. The Kier molecular flexibility index (Phi) is 2.56. The number of aromatic amines is 1. The summed E-state index contributed by atoms with van der Waals surface area (Å²) in [4.78, 5) is 25.5.